The highest BCUT2D eigenvalue weighted by molar-refractivity contribution is 7.09. The number of hydrogen-bond donors (Lipinski definition) is 2. The van der Waals surface area contributed by atoms with Crippen molar-refractivity contribution in [2.24, 2.45) is 0 Å². The van der Waals surface area contributed by atoms with Gasteiger partial charge in [-0.05, 0) is 55.5 Å². The van der Waals surface area contributed by atoms with E-state index in [4.69, 9.17) is 4.74 Å². The summed E-state index contributed by atoms with van der Waals surface area (Å²) in [7, 11) is 0. The normalized spacial score (nSPS) is 16.3. The van der Waals surface area contributed by atoms with Gasteiger partial charge in [-0.2, -0.15) is 0 Å². The zero-order valence-electron chi connectivity index (χ0n) is 14.7. The largest absolute Gasteiger partial charge is 0.494 e. The summed E-state index contributed by atoms with van der Waals surface area (Å²) in [6, 6.07) is 10.5. The molecule has 0 spiro atoms. The van der Waals surface area contributed by atoms with Crippen LogP contribution in [-0.2, 0) is 11.3 Å². The van der Waals surface area contributed by atoms with Crippen molar-refractivity contribution < 1.29 is 14.3 Å². The van der Waals surface area contributed by atoms with Gasteiger partial charge in [0.1, 0.15) is 11.8 Å². The number of urea groups is 1. The molecule has 1 atom stereocenters. The predicted octanol–water partition coefficient (Wildman–Crippen LogP) is 3.46. The van der Waals surface area contributed by atoms with E-state index >= 15 is 0 Å². The highest BCUT2D eigenvalue weighted by Gasteiger charge is 2.34. The molecule has 7 heteroatoms. The molecule has 1 fully saturated rings. The number of carbonyl (C=O) groups excluding carboxylic acids is 2. The molecule has 2 aromatic rings. The van der Waals surface area contributed by atoms with Crippen LogP contribution in [-0.4, -0.2) is 36.0 Å². The molecule has 0 aliphatic carbocycles. The molecule has 1 aromatic heterocycles. The number of ether oxygens (including phenoxy) is 1. The Balaban J connectivity index is 1.56. The first-order chi connectivity index (χ1) is 12.7. The van der Waals surface area contributed by atoms with E-state index in [1.54, 1.807) is 28.4 Å². The summed E-state index contributed by atoms with van der Waals surface area (Å²) < 4.78 is 5.40. The van der Waals surface area contributed by atoms with Crippen molar-refractivity contribution in [3.8, 4) is 5.75 Å². The number of likely N-dealkylation sites (tertiary alicyclic amines) is 1. The molecule has 3 amide bonds. The number of amides is 3. The van der Waals surface area contributed by atoms with Crippen LogP contribution in [0.3, 0.4) is 0 Å². The van der Waals surface area contributed by atoms with E-state index in [0.29, 0.717) is 31.8 Å². The van der Waals surface area contributed by atoms with Crippen LogP contribution in [0.2, 0.25) is 0 Å². The minimum Gasteiger partial charge on any atom is -0.494 e. The molecular formula is C19H23N3O3S. The van der Waals surface area contributed by atoms with E-state index in [0.717, 1.165) is 17.0 Å². The zero-order valence-corrected chi connectivity index (χ0v) is 15.6. The molecule has 138 valence electrons. The predicted molar refractivity (Wildman–Crippen MR) is 103 cm³/mol. The maximum Gasteiger partial charge on any atom is 0.322 e. The molecule has 26 heavy (non-hydrogen) atoms. The average Bonchev–Trinajstić information content (AvgIpc) is 3.33. The lowest BCUT2D eigenvalue weighted by atomic mass is 10.2. The number of anilines is 1. The molecule has 2 heterocycles. The first-order valence-electron chi connectivity index (χ1n) is 8.78. The SMILES string of the molecule is CCOc1ccc(NC(=O)N2CCC[C@@H]2C(=O)NCc2cccs2)cc1. The van der Waals surface area contributed by atoms with Crippen molar-refractivity contribution in [1.29, 1.82) is 0 Å². The molecule has 0 unspecified atom stereocenters. The molecule has 0 saturated carbocycles. The van der Waals surface area contributed by atoms with Gasteiger partial charge in [0, 0.05) is 17.1 Å². The summed E-state index contributed by atoms with van der Waals surface area (Å²) in [6.07, 6.45) is 1.51. The lowest BCUT2D eigenvalue weighted by Gasteiger charge is -2.24. The molecule has 1 aromatic carbocycles. The summed E-state index contributed by atoms with van der Waals surface area (Å²) in [5.74, 6) is 0.662. The third-order valence-corrected chi connectivity index (χ3v) is 5.13. The molecule has 0 radical (unpaired) electrons. The van der Waals surface area contributed by atoms with Gasteiger partial charge in [-0.25, -0.2) is 4.79 Å². The Labute approximate surface area is 157 Å². The summed E-state index contributed by atoms with van der Waals surface area (Å²) in [5, 5.41) is 7.77. The first-order valence-corrected chi connectivity index (χ1v) is 9.66. The van der Waals surface area contributed by atoms with Gasteiger partial charge in [-0.3, -0.25) is 4.79 Å². The molecular weight excluding hydrogens is 350 g/mol. The lowest BCUT2D eigenvalue weighted by Crippen LogP contribution is -2.47. The van der Waals surface area contributed by atoms with Crippen molar-refractivity contribution in [3.63, 3.8) is 0 Å². The van der Waals surface area contributed by atoms with Gasteiger partial charge in [0.05, 0.1) is 13.2 Å². The zero-order chi connectivity index (χ0) is 18.4. The van der Waals surface area contributed by atoms with Gasteiger partial charge < -0.3 is 20.3 Å². The minimum absolute atomic E-state index is 0.0993. The number of hydrogen-bond acceptors (Lipinski definition) is 4. The third-order valence-electron chi connectivity index (χ3n) is 4.25. The second-order valence-corrected chi connectivity index (χ2v) is 7.07. The number of thiophene rings is 1. The highest BCUT2D eigenvalue weighted by Crippen LogP contribution is 2.21. The van der Waals surface area contributed by atoms with Gasteiger partial charge >= 0.3 is 6.03 Å². The van der Waals surface area contributed by atoms with Gasteiger partial charge in [0.15, 0.2) is 0 Å². The topological polar surface area (TPSA) is 70.7 Å². The second-order valence-electron chi connectivity index (χ2n) is 6.04. The van der Waals surface area contributed by atoms with Crippen LogP contribution >= 0.6 is 11.3 Å². The Morgan fingerprint density at radius 2 is 2.08 bits per heavy atom. The van der Waals surface area contributed by atoms with Crippen LogP contribution in [0.1, 0.15) is 24.6 Å². The molecule has 2 N–H and O–H groups in total. The maximum absolute atomic E-state index is 12.6. The highest BCUT2D eigenvalue weighted by atomic mass is 32.1. The Morgan fingerprint density at radius 3 is 2.77 bits per heavy atom. The van der Waals surface area contributed by atoms with E-state index in [1.165, 1.54) is 0 Å². The maximum atomic E-state index is 12.6. The van der Waals surface area contributed by atoms with Gasteiger partial charge in [-0.1, -0.05) is 6.07 Å². The Bertz CT molecular complexity index is 731. The monoisotopic (exact) mass is 373 g/mol. The van der Waals surface area contributed by atoms with Crippen LogP contribution in [0.15, 0.2) is 41.8 Å². The summed E-state index contributed by atoms with van der Waals surface area (Å²) in [4.78, 5) is 27.8. The Morgan fingerprint density at radius 1 is 1.27 bits per heavy atom. The van der Waals surface area contributed by atoms with Crippen molar-refractivity contribution in [1.82, 2.24) is 10.2 Å². The fourth-order valence-corrected chi connectivity index (χ4v) is 3.63. The van der Waals surface area contributed by atoms with Crippen LogP contribution in [0.25, 0.3) is 0 Å². The third kappa shape index (κ3) is 4.54. The van der Waals surface area contributed by atoms with E-state index in [-0.39, 0.29) is 11.9 Å². The summed E-state index contributed by atoms with van der Waals surface area (Å²) in [5.41, 5.74) is 0.683. The first kappa shape index (κ1) is 18.3. The minimum atomic E-state index is -0.419. The van der Waals surface area contributed by atoms with Crippen molar-refractivity contribution >= 4 is 29.0 Å². The van der Waals surface area contributed by atoms with Crippen LogP contribution in [0.5, 0.6) is 5.75 Å². The van der Waals surface area contributed by atoms with Gasteiger partial charge in [0.2, 0.25) is 5.91 Å². The quantitative estimate of drug-likeness (QED) is 0.815. The molecule has 1 aliphatic heterocycles. The number of carbonyl (C=O) groups is 2. The van der Waals surface area contributed by atoms with Gasteiger partial charge in [-0.15, -0.1) is 11.3 Å². The van der Waals surface area contributed by atoms with Crippen molar-refractivity contribution in [2.75, 3.05) is 18.5 Å². The summed E-state index contributed by atoms with van der Waals surface area (Å²) >= 11 is 1.60. The molecule has 3 rings (SSSR count). The second kappa shape index (κ2) is 8.71. The Hall–Kier alpha value is -2.54. The lowest BCUT2D eigenvalue weighted by molar-refractivity contribution is -0.124. The molecule has 6 nitrogen and oxygen atoms in total. The molecule has 0 bridgehead atoms. The fraction of sp³-hybridized carbons (Fsp3) is 0.368. The number of nitrogens with one attached hydrogen (secondary N) is 2. The Kier molecular flexibility index (Phi) is 6.12. The van der Waals surface area contributed by atoms with E-state index in [2.05, 4.69) is 10.6 Å². The number of benzene rings is 1. The van der Waals surface area contributed by atoms with Crippen LogP contribution < -0.4 is 15.4 Å². The molecule has 1 saturated heterocycles. The smallest absolute Gasteiger partial charge is 0.322 e. The van der Waals surface area contributed by atoms with Crippen molar-refractivity contribution in [2.45, 2.75) is 32.4 Å². The standard InChI is InChI=1S/C19H23N3O3S/c1-2-25-15-9-7-14(8-10-15)21-19(24)22-11-3-6-17(22)18(23)20-13-16-5-4-12-26-16/h4-5,7-10,12,17H,2-3,6,11,13H2,1H3,(H,20,23)(H,21,24)/t17-/m1/s1. The number of nitrogens with zero attached hydrogens (tertiary/aromatic N) is 1. The average molecular weight is 373 g/mol. The fourth-order valence-electron chi connectivity index (χ4n) is 2.98. The van der Waals surface area contributed by atoms with E-state index in [9.17, 15) is 9.59 Å². The van der Waals surface area contributed by atoms with E-state index in [1.807, 2.05) is 36.6 Å². The van der Waals surface area contributed by atoms with Crippen molar-refractivity contribution in [3.05, 3.63) is 46.7 Å². The van der Waals surface area contributed by atoms with E-state index < -0.39 is 6.04 Å². The van der Waals surface area contributed by atoms with Crippen LogP contribution in [0, 0.1) is 0 Å². The number of rotatable bonds is 6. The van der Waals surface area contributed by atoms with Crippen LogP contribution in [0.4, 0.5) is 10.5 Å². The summed E-state index contributed by atoms with van der Waals surface area (Å²) in [6.45, 7) is 3.61. The molecule has 1 aliphatic rings. The van der Waals surface area contributed by atoms with Gasteiger partial charge in [0.25, 0.3) is 0 Å².